The molecule has 2 aromatic rings. The standard InChI is InChI=1S/C56H82N8O9/c1-11-38(4)52(62(8)55(71)51(37(2)3)59-56-60(6)31-32-61(56)7)46(72-9)35-50(69)63-30-18-21-44(63)53(73-10)39(5)45(65)34-42(33-40-19-14-12-15-20-40)54(70)58-43-25-23-41(24-26-43)36-57-47(66)22-16-13-17-29-64-48(67)27-28-49(64)68/h12,14-15,19-20,23-28,37-39,42,44,46,51-53H,11,13,16-18,21-22,29-36H2,1-10H3,(H,57,66)(H,58,70)/t38-,39-,42+,44-,46+,51-,52-,53+/m0/s1. The molecular weight excluding hydrogens is 929 g/mol. The van der Waals surface area contributed by atoms with E-state index in [0.717, 1.165) is 43.0 Å². The fraction of sp³-hybridized carbons (Fsp3) is 0.607. The van der Waals surface area contributed by atoms with Gasteiger partial charge in [-0.2, -0.15) is 0 Å². The third-order valence-electron chi connectivity index (χ3n) is 15.0. The second-order valence-electron chi connectivity index (χ2n) is 20.5. The number of imide groups is 1. The molecule has 3 aliphatic rings. The van der Waals surface area contributed by atoms with Crippen LogP contribution in [0.1, 0.15) is 104 Å². The second kappa shape index (κ2) is 27.9. The van der Waals surface area contributed by atoms with Gasteiger partial charge in [0.1, 0.15) is 11.8 Å². The summed E-state index contributed by atoms with van der Waals surface area (Å²) in [5, 5.41) is 5.94. The fourth-order valence-corrected chi connectivity index (χ4v) is 10.4. The third-order valence-corrected chi connectivity index (χ3v) is 15.0. The number of hydrogen-bond acceptors (Lipinski definition) is 10. The summed E-state index contributed by atoms with van der Waals surface area (Å²) in [6.45, 7) is 12.8. The molecule has 73 heavy (non-hydrogen) atoms. The number of rotatable bonds is 28. The van der Waals surface area contributed by atoms with Gasteiger partial charge in [0.2, 0.25) is 23.6 Å². The molecule has 0 spiro atoms. The molecule has 0 bridgehead atoms. The van der Waals surface area contributed by atoms with Crippen LogP contribution in [0.25, 0.3) is 0 Å². The van der Waals surface area contributed by atoms with Crippen LogP contribution in [0, 0.1) is 23.7 Å². The monoisotopic (exact) mass is 1010 g/mol. The van der Waals surface area contributed by atoms with Crippen molar-refractivity contribution in [3.8, 4) is 0 Å². The minimum Gasteiger partial charge on any atom is -0.379 e. The number of carbonyl (C=O) groups is 7. The van der Waals surface area contributed by atoms with Gasteiger partial charge in [-0.05, 0) is 67.2 Å². The lowest BCUT2D eigenvalue weighted by Gasteiger charge is -2.40. The smallest absolute Gasteiger partial charge is 0.253 e. The Labute approximate surface area is 433 Å². The SMILES string of the molecule is CC[C@H](C)[C@@H]([C@@H](CC(=O)N1CCC[C@H]1[C@H](OC)[C@@H](C)C(=O)C[C@@H](Cc1ccccc1)C(=O)Nc1ccc(CNC(=O)CCCCCN2C(=O)C=CC2=O)cc1)OC)N(C)C(=O)[C@@H](N=C1N(C)CCN1C)C(C)C. The van der Waals surface area contributed by atoms with Gasteiger partial charge in [-0.3, -0.25) is 38.5 Å². The van der Waals surface area contributed by atoms with Crippen molar-refractivity contribution in [3.05, 3.63) is 77.9 Å². The zero-order valence-corrected chi connectivity index (χ0v) is 45.0. The molecule has 17 heteroatoms. The van der Waals surface area contributed by atoms with Crippen LogP contribution in [-0.4, -0.2) is 164 Å². The highest BCUT2D eigenvalue weighted by Crippen LogP contribution is 2.31. The Morgan fingerprint density at radius 1 is 0.822 bits per heavy atom. The van der Waals surface area contributed by atoms with Crippen molar-refractivity contribution in [2.45, 2.75) is 136 Å². The number of ether oxygens (including phenoxy) is 2. The maximum absolute atomic E-state index is 14.5. The molecule has 6 amide bonds. The molecule has 0 unspecified atom stereocenters. The fourth-order valence-electron chi connectivity index (χ4n) is 10.4. The number of benzene rings is 2. The van der Waals surface area contributed by atoms with Gasteiger partial charge in [0, 0.05) is 111 Å². The molecule has 2 N–H and O–H groups in total. The predicted molar refractivity (Wildman–Crippen MR) is 282 cm³/mol. The largest absolute Gasteiger partial charge is 0.379 e. The number of unbranched alkanes of at least 4 members (excludes halogenated alkanes) is 2. The van der Waals surface area contributed by atoms with Crippen molar-refractivity contribution in [2.75, 3.05) is 66.9 Å². The van der Waals surface area contributed by atoms with Crippen molar-refractivity contribution in [2.24, 2.45) is 28.7 Å². The van der Waals surface area contributed by atoms with Crippen molar-refractivity contribution < 1.29 is 43.0 Å². The Kier molecular flexibility index (Phi) is 22.2. The van der Waals surface area contributed by atoms with Crippen molar-refractivity contribution in [1.82, 2.24) is 29.8 Å². The minimum atomic E-state index is -0.704. The molecule has 17 nitrogen and oxygen atoms in total. The van der Waals surface area contributed by atoms with E-state index >= 15 is 0 Å². The number of carbonyl (C=O) groups excluding carboxylic acids is 7. The van der Waals surface area contributed by atoms with E-state index < -0.39 is 36.1 Å². The molecular formula is C56H82N8O9. The summed E-state index contributed by atoms with van der Waals surface area (Å²) in [5.74, 6) is -2.04. The van der Waals surface area contributed by atoms with E-state index in [2.05, 4.69) is 34.3 Å². The number of likely N-dealkylation sites (tertiary alicyclic amines) is 1. The van der Waals surface area contributed by atoms with Crippen LogP contribution in [0.2, 0.25) is 0 Å². The summed E-state index contributed by atoms with van der Waals surface area (Å²) in [5.41, 5.74) is 2.31. The second-order valence-corrected chi connectivity index (χ2v) is 20.5. The number of nitrogens with one attached hydrogen (secondary N) is 2. The van der Waals surface area contributed by atoms with Gasteiger partial charge >= 0.3 is 0 Å². The highest BCUT2D eigenvalue weighted by Gasteiger charge is 2.43. The number of likely N-dealkylation sites (N-methyl/N-ethyl adjacent to an activating group) is 3. The maximum atomic E-state index is 14.5. The zero-order chi connectivity index (χ0) is 53.4. The number of guanidine groups is 1. The first-order chi connectivity index (χ1) is 34.9. The number of amides is 6. The number of aliphatic imine (C=N–C) groups is 1. The van der Waals surface area contributed by atoms with E-state index in [4.69, 9.17) is 14.5 Å². The average Bonchev–Trinajstić information content (AvgIpc) is 4.09. The van der Waals surface area contributed by atoms with Gasteiger partial charge in [0.25, 0.3) is 11.8 Å². The molecule has 2 fully saturated rings. The topological polar surface area (TPSA) is 191 Å². The van der Waals surface area contributed by atoms with Crippen molar-refractivity contribution in [1.29, 1.82) is 0 Å². The summed E-state index contributed by atoms with van der Waals surface area (Å²) in [6, 6.07) is 15.4. The predicted octanol–water partition coefficient (Wildman–Crippen LogP) is 5.72. The van der Waals surface area contributed by atoms with E-state index in [1.165, 1.54) is 17.1 Å². The van der Waals surface area contributed by atoms with E-state index in [0.29, 0.717) is 63.8 Å². The summed E-state index contributed by atoms with van der Waals surface area (Å²) in [6.07, 6.45) is 6.04. The lowest BCUT2D eigenvalue weighted by Crippen LogP contribution is -2.54. The number of nitrogens with zero attached hydrogens (tertiary/aromatic N) is 6. The summed E-state index contributed by atoms with van der Waals surface area (Å²) in [7, 11) is 8.92. The van der Waals surface area contributed by atoms with E-state index in [1.807, 2.05) is 82.2 Å². The normalized spacial score (nSPS) is 18.7. The molecule has 2 saturated heterocycles. The third kappa shape index (κ3) is 15.8. The first kappa shape index (κ1) is 58.0. The van der Waals surface area contributed by atoms with E-state index in [9.17, 15) is 33.6 Å². The molecule has 8 atom stereocenters. The van der Waals surface area contributed by atoms with Crippen LogP contribution >= 0.6 is 0 Å². The Balaban J connectivity index is 1.20. The number of Topliss-reactive ketones (excluding diaryl/α,β-unsaturated/α-hetero) is 1. The van der Waals surface area contributed by atoms with Crippen LogP contribution < -0.4 is 10.6 Å². The summed E-state index contributed by atoms with van der Waals surface area (Å²) in [4.78, 5) is 107. The minimum absolute atomic E-state index is 0.00454. The molecule has 0 aromatic heterocycles. The molecule has 0 radical (unpaired) electrons. The Morgan fingerprint density at radius 3 is 2.08 bits per heavy atom. The number of hydrogen-bond donors (Lipinski definition) is 2. The maximum Gasteiger partial charge on any atom is 0.253 e. The van der Waals surface area contributed by atoms with E-state index in [1.54, 1.807) is 38.3 Å². The highest BCUT2D eigenvalue weighted by atomic mass is 16.5. The van der Waals surface area contributed by atoms with Crippen LogP contribution in [0.3, 0.4) is 0 Å². The molecule has 0 saturated carbocycles. The molecule has 0 aliphatic carbocycles. The van der Waals surface area contributed by atoms with Gasteiger partial charge in [-0.15, -0.1) is 0 Å². The van der Waals surface area contributed by atoms with Crippen LogP contribution in [0.5, 0.6) is 0 Å². The van der Waals surface area contributed by atoms with Crippen LogP contribution in [-0.2, 0) is 56.0 Å². The Hall–Kier alpha value is -5.94. The van der Waals surface area contributed by atoms with Crippen LogP contribution in [0.4, 0.5) is 5.69 Å². The van der Waals surface area contributed by atoms with Crippen LogP contribution in [0.15, 0.2) is 71.7 Å². The molecule has 400 valence electrons. The lowest BCUT2D eigenvalue weighted by atomic mass is 9.85. The van der Waals surface area contributed by atoms with Crippen molar-refractivity contribution in [3.63, 3.8) is 0 Å². The summed E-state index contributed by atoms with van der Waals surface area (Å²) < 4.78 is 12.2. The zero-order valence-electron chi connectivity index (χ0n) is 45.0. The molecule has 5 rings (SSSR count). The van der Waals surface area contributed by atoms with Crippen molar-refractivity contribution >= 4 is 52.9 Å². The number of ketones is 1. The molecule has 2 aromatic carbocycles. The summed E-state index contributed by atoms with van der Waals surface area (Å²) >= 11 is 0. The molecule has 3 heterocycles. The van der Waals surface area contributed by atoms with Gasteiger partial charge < -0.3 is 39.7 Å². The van der Waals surface area contributed by atoms with Gasteiger partial charge in [0.15, 0.2) is 5.96 Å². The lowest BCUT2D eigenvalue weighted by molar-refractivity contribution is -0.146. The number of anilines is 1. The van der Waals surface area contributed by atoms with Gasteiger partial charge in [0.05, 0.1) is 30.7 Å². The Morgan fingerprint density at radius 2 is 1.48 bits per heavy atom. The first-order valence-corrected chi connectivity index (χ1v) is 26.3. The number of methoxy groups -OCH3 is 2. The molecule has 3 aliphatic heterocycles. The highest BCUT2D eigenvalue weighted by molar-refractivity contribution is 6.12. The quantitative estimate of drug-likeness (QED) is 0.0783. The van der Waals surface area contributed by atoms with E-state index in [-0.39, 0.29) is 71.9 Å². The van der Waals surface area contributed by atoms with Gasteiger partial charge in [-0.25, -0.2) is 4.99 Å². The van der Waals surface area contributed by atoms with Gasteiger partial charge in [-0.1, -0.05) is 89.9 Å². The Bertz CT molecular complexity index is 2220. The first-order valence-electron chi connectivity index (χ1n) is 26.3. The average molecular weight is 1010 g/mol.